The molecule has 166 valence electrons. The van der Waals surface area contributed by atoms with Crippen LogP contribution in [-0.4, -0.2) is 41.9 Å². The number of hydrogen-bond donors (Lipinski definition) is 1. The molecular formula is C23H23ClFN5O2. The summed E-state index contributed by atoms with van der Waals surface area (Å²) in [5.74, 6) is -0.162. The normalized spacial score (nSPS) is 13.8. The smallest absolute Gasteiger partial charge is 0.267 e. The number of piperazine rings is 1. The third-order valence-electron chi connectivity index (χ3n) is 5.36. The molecule has 32 heavy (non-hydrogen) atoms. The van der Waals surface area contributed by atoms with E-state index >= 15 is 0 Å². The topological polar surface area (TPSA) is 70.5 Å². The minimum absolute atomic E-state index is 0.0470. The summed E-state index contributed by atoms with van der Waals surface area (Å²) in [6, 6.07) is 17.1. The van der Waals surface area contributed by atoms with Crippen LogP contribution in [0.4, 0.5) is 15.9 Å². The van der Waals surface area contributed by atoms with Crippen molar-refractivity contribution in [3.63, 3.8) is 0 Å². The van der Waals surface area contributed by atoms with E-state index in [4.69, 9.17) is 11.6 Å². The number of carbonyl (C=O) groups is 1. The van der Waals surface area contributed by atoms with Gasteiger partial charge in [0.2, 0.25) is 5.91 Å². The van der Waals surface area contributed by atoms with E-state index in [0.717, 1.165) is 36.5 Å². The fraction of sp³-hybridized carbons (Fsp3) is 0.261. The van der Waals surface area contributed by atoms with E-state index in [1.165, 1.54) is 12.1 Å². The summed E-state index contributed by atoms with van der Waals surface area (Å²) in [6.45, 7) is 2.82. The number of anilines is 2. The van der Waals surface area contributed by atoms with Gasteiger partial charge in [-0.25, -0.2) is 9.07 Å². The van der Waals surface area contributed by atoms with E-state index in [1.807, 2.05) is 24.3 Å². The van der Waals surface area contributed by atoms with Gasteiger partial charge in [-0.15, -0.1) is 0 Å². The third-order valence-corrected chi connectivity index (χ3v) is 5.59. The first-order chi connectivity index (χ1) is 15.5. The Morgan fingerprint density at radius 1 is 1.00 bits per heavy atom. The van der Waals surface area contributed by atoms with Crippen LogP contribution in [0.1, 0.15) is 5.56 Å². The van der Waals surface area contributed by atoms with Crippen molar-refractivity contribution in [3.05, 3.63) is 87.4 Å². The minimum atomic E-state index is -0.411. The predicted molar refractivity (Wildman–Crippen MR) is 123 cm³/mol. The van der Waals surface area contributed by atoms with E-state index in [1.54, 1.807) is 24.3 Å². The van der Waals surface area contributed by atoms with Gasteiger partial charge in [0.15, 0.2) is 0 Å². The fourth-order valence-electron chi connectivity index (χ4n) is 3.61. The average molecular weight is 456 g/mol. The molecule has 3 aromatic rings. The van der Waals surface area contributed by atoms with Gasteiger partial charge >= 0.3 is 0 Å². The van der Waals surface area contributed by atoms with Gasteiger partial charge in [-0.3, -0.25) is 9.59 Å². The van der Waals surface area contributed by atoms with Crippen LogP contribution >= 0.6 is 11.6 Å². The molecule has 1 aromatic heterocycles. The predicted octanol–water partition coefficient (Wildman–Crippen LogP) is 2.68. The summed E-state index contributed by atoms with van der Waals surface area (Å²) >= 11 is 6.10. The number of hydrogen-bond acceptors (Lipinski definition) is 5. The van der Waals surface area contributed by atoms with Gasteiger partial charge in [0.05, 0.1) is 0 Å². The van der Waals surface area contributed by atoms with Gasteiger partial charge in [0.1, 0.15) is 18.2 Å². The maximum Gasteiger partial charge on any atom is 0.267 e. The van der Waals surface area contributed by atoms with Crippen LogP contribution < -0.4 is 20.7 Å². The lowest BCUT2D eigenvalue weighted by atomic mass is 10.2. The summed E-state index contributed by atoms with van der Waals surface area (Å²) in [4.78, 5) is 28.8. The largest absolute Gasteiger partial charge is 0.368 e. The zero-order chi connectivity index (χ0) is 22.5. The molecule has 0 unspecified atom stereocenters. The van der Waals surface area contributed by atoms with Crippen LogP contribution in [0.15, 0.2) is 65.5 Å². The number of benzene rings is 2. The Bertz CT molecular complexity index is 1160. The molecule has 7 nitrogen and oxygen atoms in total. The van der Waals surface area contributed by atoms with Crippen LogP contribution in [-0.2, 0) is 17.9 Å². The molecule has 2 heterocycles. The summed E-state index contributed by atoms with van der Waals surface area (Å²) in [7, 11) is 0. The number of halogens is 2. The van der Waals surface area contributed by atoms with Crippen molar-refractivity contribution in [2.45, 2.75) is 13.1 Å². The molecule has 0 radical (unpaired) electrons. The van der Waals surface area contributed by atoms with Crippen LogP contribution in [0, 0.1) is 5.82 Å². The van der Waals surface area contributed by atoms with Crippen molar-refractivity contribution >= 4 is 29.0 Å². The molecule has 4 rings (SSSR count). The van der Waals surface area contributed by atoms with Crippen molar-refractivity contribution in [3.8, 4) is 0 Å². The summed E-state index contributed by atoms with van der Waals surface area (Å²) in [5.41, 5.74) is 1.08. The van der Waals surface area contributed by atoms with Crippen molar-refractivity contribution in [1.29, 1.82) is 0 Å². The second-order valence-corrected chi connectivity index (χ2v) is 7.95. The first-order valence-corrected chi connectivity index (χ1v) is 10.7. The second-order valence-electron chi connectivity index (χ2n) is 7.51. The molecule has 1 amide bonds. The highest BCUT2D eigenvalue weighted by Crippen LogP contribution is 2.22. The molecule has 0 saturated carbocycles. The van der Waals surface area contributed by atoms with Crippen LogP contribution in [0.2, 0.25) is 5.02 Å². The SMILES string of the molecule is O=C(Cn1nc(N2CCN(c3cccc(Cl)c3)CC2)ccc1=O)NCc1ccccc1F. The Hall–Kier alpha value is -3.39. The second kappa shape index (κ2) is 9.82. The molecule has 2 aromatic carbocycles. The molecule has 9 heteroatoms. The van der Waals surface area contributed by atoms with Crippen molar-refractivity contribution < 1.29 is 9.18 Å². The monoisotopic (exact) mass is 455 g/mol. The van der Waals surface area contributed by atoms with Gasteiger partial charge in [-0.05, 0) is 30.3 Å². The van der Waals surface area contributed by atoms with E-state index in [9.17, 15) is 14.0 Å². The zero-order valence-electron chi connectivity index (χ0n) is 17.4. The molecule has 0 spiro atoms. The molecule has 1 aliphatic rings. The van der Waals surface area contributed by atoms with Crippen molar-refractivity contribution in [2.75, 3.05) is 36.0 Å². The Labute approximate surface area is 190 Å². The van der Waals surface area contributed by atoms with Gasteiger partial charge in [-0.1, -0.05) is 35.9 Å². The highest BCUT2D eigenvalue weighted by molar-refractivity contribution is 6.30. The standard InChI is InChI=1S/C23H23ClFN5O2/c24-18-5-3-6-19(14-18)28-10-12-29(13-11-28)21-8-9-23(32)30(27-21)16-22(31)26-15-17-4-1-2-7-20(17)25/h1-9,14H,10-13,15-16H2,(H,26,31). The summed E-state index contributed by atoms with van der Waals surface area (Å²) in [5, 5.41) is 7.71. The van der Waals surface area contributed by atoms with E-state index in [-0.39, 0.29) is 24.5 Å². The van der Waals surface area contributed by atoms with Gasteiger partial charge in [0.25, 0.3) is 5.56 Å². The van der Waals surface area contributed by atoms with Crippen molar-refractivity contribution in [1.82, 2.24) is 15.1 Å². The third kappa shape index (κ3) is 5.26. The molecule has 1 N–H and O–H groups in total. The van der Waals surface area contributed by atoms with Crippen LogP contribution in [0.5, 0.6) is 0 Å². The molecule has 0 atom stereocenters. The summed E-state index contributed by atoms with van der Waals surface area (Å²) < 4.78 is 14.8. The van der Waals surface area contributed by atoms with Gasteiger partial charge < -0.3 is 15.1 Å². The lowest BCUT2D eigenvalue weighted by Crippen LogP contribution is -2.47. The Morgan fingerprint density at radius 2 is 1.75 bits per heavy atom. The number of rotatable bonds is 6. The Kier molecular flexibility index (Phi) is 6.70. The highest BCUT2D eigenvalue weighted by atomic mass is 35.5. The Balaban J connectivity index is 1.37. The summed E-state index contributed by atoms with van der Waals surface area (Å²) in [6.07, 6.45) is 0. The molecule has 1 aliphatic heterocycles. The van der Waals surface area contributed by atoms with E-state index in [0.29, 0.717) is 16.4 Å². The quantitative estimate of drug-likeness (QED) is 0.619. The van der Waals surface area contributed by atoms with Gasteiger partial charge in [-0.2, -0.15) is 5.10 Å². The molecular weight excluding hydrogens is 433 g/mol. The molecule has 0 bridgehead atoms. The number of nitrogens with zero attached hydrogens (tertiary/aromatic N) is 4. The van der Waals surface area contributed by atoms with Crippen molar-refractivity contribution in [2.24, 2.45) is 0 Å². The van der Waals surface area contributed by atoms with Gasteiger partial charge in [0, 0.05) is 55.1 Å². The lowest BCUT2D eigenvalue weighted by molar-refractivity contribution is -0.122. The first kappa shape index (κ1) is 21.8. The maximum atomic E-state index is 13.7. The van der Waals surface area contributed by atoms with E-state index < -0.39 is 5.91 Å². The molecule has 1 saturated heterocycles. The molecule has 1 fully saturated rings. The lowest BCUT2D eigenvalue weighted by Gasteiger charge is -2.36. The zero-order valence-corrected chi connectivity index (χ0v) is 18.1. The number of nitrogens with one attached hydrogen (secondary N) is 1. The highest BCUT2D eigenvalue weighted by Gasteiger charge is 2.19. The Morgan fingerprint density at radius 3 is 2.50 bits per heavy atom. The molecule has 0 aliphatic carbocycles. The average Bonchev–Trinajstić information content (AvgIpc) is 2.80. The number of carbonyl (C=O) groups excluding carboxylic acids is 1. The number of amides is 1. The maximum absolute atomic E-state index is 13.7. The van der Waals surface area contributed by atoms with Crippen LogP contribution in [0.25, 0.3) is 0 Å². The fourth-order valence-corrected chi connectivity index (χ4v) is 3.80. The first-order valence-electron chi connectivity index (χ1n) is 10.3. The number of aromatic nitrogens is 2. The van der Waals surface area contributed by atoms with E-state index in [2.05, 4.69) is 20.2 Å². The minimum Gasteiger partial charge on any atom is -0.368 e. The van der Waals surface area contributed by atoms with Crippen LogP contribution in [0.3, 0.4) is 0 Å².